The first-order valence-electron chi connectivity index (χ1n) is 9.48. The Morgan fingerprint density at radius 3 is 2.56 bits per heavy atom. The molecule has 5 heteroatoms. The van der Waals surface area contributed by atoms with Crippen molar-refractivity contribution in [3.63, 3.8) is 0 Å². The van der Waals surface area contributed by atoms with Crippen LogP contribution >= 0.6 is 12.2 Å². The summed E-state index contributed by atoms with van der Waals surface area (Å²) in [6.07, 6.45) is 5.81. The highest BCUT2D eigenvalue weighted by molar-refractivity contribution is 7.80. The lowest BCUT2D eigenvalue weighted by Crippen LogP contribution is -2.34. The summed E-state index contributed by atoms with van der Waals surface area (Å²) in [6, 6.07) is 14.8. The van der Waals surface area contributed by atoms with Crippen molar-refractivity contribution < 1.29 is 9.13 Å². The summed E-state index contributed by atoms with van der Waals surface area (Å²) in [6.45, 7) is 3.11. The van der Waals surface area contributed by atoms with Crippen LogP contribution in [0.5, 0.6) is 5.75 Å². The number of hydrogen-bond donors (Lipinski definition) is 0. The predicted molar refractivity (Wildman–Crippen MR) is 111 cm³/mol. The van der Waals surface area contributed by atoms with Crippen LogP contribution in [0.1, 0.15) is 24.8 Å². The minimum absolute atomic E-state index is 0.290. The standard InChI is InChI=1S/C22H23FN2OS/c23-19-9-3-5-11-21(19)26-15-14-25-16-18(17-8-2-4-10-20(17)25)22(27)24-12-6-1-7-13-24/h2-5,8-11,16H,1,6-7,12-15H2. The summed E-state index contributed by atoms with van der Waals surface area (Å²) in [4.78, 5) is 3.25. The van der Waals surface area contributed by atoms with Crippen LogP contribution in [0.2, 0.25) is 0 Å². The second-order valence-corrected chi connectivity index (χ2v) is 7.27. The van der Waals surface area contributed by atoms with Gasteiger partial charge >= 0.3 is 0 Å². The zero-order valence-electron chi connectivity index (χ0n) is 15.2. The zero-order valence-corrected chi connectivity index (χ0v) is 16.1. The van der Waals surface area contributed by atoms with E-state index >= 15 is 0 Å². The van der Waals surface area contributed by atoms with Gasteiger partial charge in [0.2, 0.25) is 0 Å². The molecule has 0 aliphatic carbocycles. The molecule has 1 aliphatic heterocycles. The van der Waals surface area contributed by atoms with Crippen molar-refractivity contribution in [1.82, 2.24) is 9.47 Å². The van der Waals surface area contributed by atoms with Crippen molar-refractivity contribution in [3.05, 3.63) is 66.1 Å². The van der Waals surface area contributed by atoms with E-state index in [0.717, 1.165) is 29.2 Å². The lowest BCUT2D eigenvalue weighted by atomic mass is 10.1. The number of nitrogens with zero attached hydrogens (tertiary/aromatic N) is 2. The van der Waals surface area contributed by atoms with E-state index in [2.05, 4.69) is 27.8 Å². The smallest absolute Gasteiger partial charge is 0.165 e. The summed E-state index contributed by atoms with van der Waals surface area (Å²) in [5.41, 5.74) is 2.23. The number of fused-ring (bicyclic) bond motifs is 1. The number of piperidine rings is 1. The van der Waals surface area contributed by atoms with Gasteiger partial charge in [-0.3, -0.25) is 0 Å². The van der Waals surface area contributed by atoms with Crippen molar-refractivity contribution >= 4 is 28.1 Å². The number of thiocarbonyl (C=S) groups is 1. The van der Waals surface area contributed by atoms with Gasteiger partial charge in [-0.1, -0.05) is 42.5 Å². The van der Waals surface area contributed by atoms with E-state index in [-0.39, 0.29) is 11.6 Å². The SMILES string of the molecule is Fc1ccccc1OCCn1cc(C(=S)N2CCCCC2)c2ccccc21. The minimum Gasteiger partial charge on any atom is -0.489 e. The first-order valence-corrected chi connectivity index (χ1v) is 9.89. The molecule has 3 nitrogen and oxygen atoms in total. The second kappa shape index (κ2) is 8.09. The molecule has 0 bridgehead atoms. The van der Waals surface area contributed by atoms with Crippen LogP contribution in [-0.4, -0.2) is 34.2 Å². The molecular weight excluding hydrogens is 359 g/mol. The van der Waals surface area contributed by atoms with E-state index in [9.17, 15) is 4.39 Å². The fourth-order valence-electron chi connectivity index (χ4n) is 3.69. The maximum atomic E-state index is 13.7. The van der Waals surface area contributed by atoms with E-state index in [0.29, 0.717) is 13.2 Å². The first kappa shape index (κ1) is 18.0. The van der Waals surface area contributed by atoms with Gasteiger partial charge in [-0.15, -0.1) is 0 Å². The monoisotopic (exact) mass is 382 g/mol. The number of ether oxygens (including phenoxy) is 1. The van der Waals surface area contributed by atoms with Crippen molar-refractivity contribution in [2.45, 2.75) is 25.8 Å². The molecule has 0 radical (unpaired) electrons. The Balaban J connectivity index is 1.54. The average molecular weight is 383 g/mol. The molecule has 3 aromatic rings. The van der Waals surface area contributed by atoms with Crippen LogP contribution in [0.3, 0.4) is 0 Å². The first-order chi connectivity index (χ1) is 13.2. The highest BCUT2D eigenvalue weighted by Gasteiger charge is 2.19. The van der Waals surface area contributed by atoms with Gasteiger partial charge in [-0.05, 0) is 37.5 Å². The van der Waals surface area contributed by atoms with Crippen LogP contribution in [-0.2, 0) is 6.54 Å². The van der Waals surface area contributed by atoms with Crippen LogP contribution in [0.15, 0.2) is 54.7 Å². The molecule has 1 saturated heterocycles. The van der Waals surface area contributed by atoms with E-state index in [4.69, 9.17) is 17.0 Å². The molecule has 140 valence electrons. The fourth-order valence-corrected chi connectivity index (χ4v) is 4.03. The lowest BCUT2D eigenvalue weighted by molar-refractivity contribution is 0.286. The van der Waals surface area contributed by atoms with E-state index in [1.54, 1.807) is 18.2 Å². The van der Waals surface area contributed by atoms with Gasteiger partial charge in [0, 0.05) is 35.8 Å². The molecular formula is C22H23FN2OS. The molecule has 2 heterocycles. The van der Waals surface area contributed by atoms with Crippen molar-refractivity contribution in [3.8, 4) is 5.75 Å². The molecule has 1 aromatic heterocycles. The molecule has 0 unspecified atom stereocenters. The number of benzene rings is 2. The van der Waals surface area contributed by atoms with Crippen LogP contribution in [0, 0.1) is 5.82 Å². The minimum atomic E-state index is -0.332. The van der Waals surface area contributed by atoms with Gasteiger partial charge in [0.1, 0.15) is 11.6 Å². The van der Waals surface area contributed by atoms with Crippen LogP contribution in [0.4, 0.5) is 4.39 Å². The lowest BCUT2D eigenvalue weighted by Gasteiger charge is -2.28. The molecule has 27 heavy (non-hydrogen) atoms. The highest BCUT2D eigenvalue weighted by Crippen LogP contribution is 2.25. The van der Waals surface area contributed by atoms with Crippen molar-refractivity contribution in [2.75, 3.05) is 19.7 Å². The summed E-state index contributed by atoms with van der Waals surface area (Å²) < 4.78 is 21.5. The topological polar surface area (TPSA) is 17.4 Å². The third-order valence-corrected chi connectivity index (χ3v) is 5.57. The van der Waals surface area contributed by atoms with Gasteiger partial charge in [0.05, 0.1) is 6.54 Å². The maximum absolute atomic E-state index is 13.7. The normalized spacial score (nSPS) is 14.5. The average Bonchev–Trinajstić information content (AvgIpc) is 3.08. The molecule has 1 aliphatic rings. The number of halogens is 1. The van der Waals surface area contributed by atoms with Gasteiger partial charge in [0.15, 0.2) is 11.6 Å². The second-order valence-electron chi connectivity index (χ2n) is 6.89. The molecule has 0 amide bonds. The Morgan fingerprint density at radius 2 is 1.74 bits per heavy atom. The fraction of sp³-hybridized carbons (Fsp3) is 0.318. The number of aromatic nitrogens is 1. The summed E-state index contributed by atoms with van der Waals surface area (Å²) in [5, 5.41) is 1.17. The van der Waals surface area contributed by atoms with E-state index in [1.165, 1.54) is 30.7 Å². The largest absolute Gasteiger partial charge is 0.489 e. The number of rotatable bonds is 5. The number of para-hydroxylation sites is 2. The molecule has 1 fully saturated rings. The zero-order chi connectivity index (χ0) is 18.6. The molecule has 4 rings (SSSR count). The van der Waals surface area contributed by atoms with E-state index in [1.807, 2.05) is 12.1 Å². The third-order valence-electron chi connectivity index (χ3n) is 5.09. The van der Waals surface area contributed by atoms with Crippen LogP contribution in [0.25, 0.3) is 10.9 Å². The van der Waals surface area contributed by atoms with Gasteiger partial charge < -0.3 is 14.2 Å². The van der Waals surface area contributed by atoms with E-state index < -0.39 is 0 Å². The molecule has 0 atom stereocenters. The highest BCUT2D eigenvalue weighted by atomic mass is 32.1. The van der Waals surface area contributed by atoms with Crippen molar-refractivity contribution in [1.29, 1.82) is 0 Å². The molecule has 0 N–H and O–H groups in total. The Morgan fingerprint density at radius 1 is 1.00 bits per heavy atom. The Kier molecular flexibility index (Phi) is 5.39. The molecule has 0 saturated carbocycles. The summed E-state index contributed by atoms with van der Waals surface area (Å²) in [7, 11) is 0. The van der Waals surface area contributed by atoms with Gasteiger partial charge in [-0.2, -0.15) is 0 Å². The Bertz CT molecular complexity index is 946. The van der Waals surface area contributed by atoms with Gasteiger partial charge in [0.25, 0.3) is 0 Å². The summed E-state index contributed by atoms with van der Waals surface area (Å²) in [5.74, 6) is -0.0418. The Hall–Kier alpha value is -2.40. The Labute approximate surface area is 164 Å². The van der Waals surface area contributed by atoms with Crippen LogP contribution < -0.4 is 4.74 Å². The maximum Gasteiger partial charge on any atom is 0.165 e. The third kappa shape index (κ3) is 3.83. The number of hydrogen-bond acceptors (Lipinski definition) is 2. The summed E-state index contributed by atoms with van der Waals surface area (Å²) >= 11 is 5.82. The van der Waals surface area contributed by atoms with Gasteiger partial charge in [-0.25, -0.2) is 4.39 Å². The number of likely N-dealkylation sites (tertiary alicyclic amines) is 1. The predicted octanol–water partition coefficient (Wildman–Crippen LogP) is 5.02. The molecule has 0 spiro atoms. The molecule has 2 aromatic carbocycles. The quantitative estimate of drug-likeness (QED) is 0.577. The van der Waals surface area contributed by atoms with Crippen molar-refractivity contribution in [2.24, 2.45) is 0 Å².